The van der Waals surface area contributed by atoms with Crippen molar-refractivity contribution >= 4 is 7.82 Å². The lowest BCUT2D eigenvalue weighted by Gasteiger charge is -2.24. The molecule has 26 heavy (non-hydrogen) atoms. The zero-order chi connectivity index (χ0) is 20.3. The summed E-state index contributed by atoms with van der Waals surface area (Å²) in [6.45, 7) is 4.59. The fourth-order valence-electron chi connectivity index (χ4n) is 3.16. The average molecular weight is 396 g/mol. The van der Waals surface area contributed by atoms with Crippen molar-refractivity contribution in [1.82, 2.24) is 4.90 Å². The first kappa shape index (κ1) is 28.3. The van der Waals surface area contributed by atoms with Gasteiger partial charge in [0.2, 0.25) is 0 Å². The van der Waals surface area contributed by atoms with E-state index in [1.54, 1.807) is 0 Å². The van der Waals surface area contributed by atoms with Gasteiger partial charge < -0.3 is 19.6 Å². The first-order chi connectivity index (χ1) is 12.2. The van der Waals surface area contributed by atoms with Crippen LogP contribution in [0, 0.1) is 0 Å². The van der Waals surface area contributed by atoms with Crippen LogP contribution in [0.15, 0.2) is 0 Å². The molecule has 0 saturated heterocycles. The van der Waals surface area contributed by atoms with E-state index >= 15 is 0 Å². The van der Waals surface area contributed by atoms with Crippen LogP contribution in [0.4, 0.5) is 0 Å². The lowest BCUT2D eigenvalue weighted by Crippen LogP contribution is -2.27. The second-order valence-electron chi connectivity index (χ2n) is 7.60. The van der Waals surface area contributed by atoms with Crippen LogP contribution in [0.1, 0.15) is 110 Å². The maximum absolute atomic E-state index is 8.88. The van der Waals surface area contributed by atoms with Gasteiger partial charge in [0.25, 0.3) is 0 Å². The Bertz CT molecular complexity index is 313. The average Bonchev–Trinajstić information content (AvgIpc) is 2.53. The summed E-state index contributed by atoms with van der Waals surface area (Å²) >= 11 is 0. The summed E-state index contributed by atoms with van der Waals surface area (Å²) in [5.74, 6) is 0. The van der Waals surface area contributed by atoms with Gasteiger partial charge in [0, 0.05) is 6.04 Å². The fraction of sp³-hybridized carbons (Fsp3) is 1.00. The normalized spacial score (nSPS) is 12.8. The van der Waals surface area contributed by atoms with Crippen LogP contribution >= 0.6 is 7.82 Å². The summed E-state index contributed by atoms with van der Waals surface area (Å²) in [4.78, 5) is 24.0. The van der Waals surface area contributed by atoms with E-state index in [9.17, 15) is 0 Å². The molecule has 0 radical (unpaired) electrons. The molecule has 0 saturated carbocycles. The number of phosphoric acid groups is 1. The second-order valence-corrected chi connectivity index (χ2v) is 8.62. The minimum absolute atomic E-state index is 0.826. The molecule has 1 unspecified atom stereocenters. The minimum atomic E-state index is -4.64. The first-order valence-corrected chi connectivity index (χ1v) is 12.2. The number of rotatable bonds is 16. The molecule has 5 nitrogen and oxygen atoms in total. The SMILES string of the molecule is CCCCCCCCCCC(CCCCCCC)N(C)C.O=P(O)(O)O. The first-order valence-electron chi connectivity index (χ1n) is 10.7. The highest BCUT2D eigenvalue weighted by molar-refractivity contribution is 7.45. The molecule has 0 aliphatic rings. The van der Waals surface area contributed by atoms with Crippen LogP contribution < -0.4 is 0 Å². The Morgan fingerprint density at radius 1 is 0.654 bits per heavy atom. The van der Waals surface area contributed by atoms with Crippen LogP contribution in [0.5, 0.6) is 0 Å². The highest BCUT2D eigenvalue weighted by atomic mass is 31.2. The van der Waals surface area contributed by atoms with Gasteiger partial charge in [-0.25, -0.2) is 4.57 Å². The van der Waals surface area contributed by atoms with Crippen LogP contribution in [-0.4, -0.2) is 39.7 Å². The van der Waals surface area contributed by atoms with Gasteiger partial charge in [0.1, 0.15) is 0 Å². The van der Waals surface area contributed by atoms with Gasteiger partial charge in [-0.2, -0.15) is 0 Å². The predicted octanol–water partition coefficient (Wildman–Crippen LogP) is 5.88. The van der Waals surface area contributed by atoms with Gasteiger partial charge in [-0.1, -0.05) is 97.3 Å². The molecule has 160 valence electrons. The molecule has 1 atom stereocenters. The lowest BCUT2D eigenvalue weighted by atomic mass is 9.99. The van der Waals surface area contributed by atoms with Gasteiger partial charge in [-0.15, -0.1) is 0 Å². The van der Waals surface area contributed by atoms with E-state index in [4.69, 9.17) is 19.2 Å². The Morgan fingerprint density at radius 2 is 0.923 bits per heavy atom. The highest BCUT2D eigenvalue weighted by Gasteiger charge is 2.10. The highest BCUT2D eigenvalue weighted by Crippen LogP contribution is 2.25. The van der Waals surface area contributed by atoms with Crippen LogP contribution in [0.2, 0.25) is 0 Å². The molecular weight excluding hydrogens is 349 g/mol. The maximum atomic E-state index is 8.88. The van der Waals surface area contributed by atoms with Crippen molar-refractivity contribution in [2.24, 2.45) is 0 Å². The molecule has 0 rings (SSSR count). The third kappa shape index (κ3) is 28.9. The summed E-state index contributed by atoms with van der Waals surface area (Å²) < 4.78 is 8.88. The number of nitrogens with zero attached hydrogens (tertiary/aromatic N) is 1. The standard InChI is InChI=1S/C20H43N.H3O4P/c1-5-7-9-11-12-13-15-17-19-20(21(3)4)18-16-14-10-8-6-2;1-5(2,3)4/h20H,5-19H2,1-4H3;(H3,1,2,3,4). The molecule has 0 bridgehead atoms. The maximum Gasteiger partial charge on any atom is 0.466 e. The zero-order valence-corrected chi connectivity index (χ0v) is 18.7. The molecule has 0 spiro atoms. The molecule has 6 heteroatoms. The van der Waals surface area contributed by atoms with Gasteiger partial charge in [0.15, 0.2) is 0 Å². The molecule has 0 heterocycles. The molecule has 0 aromatic rings. The van der Waals surface area contributed by atoms with Crippen LogP contribution in [0.3, 0.4) is 0 Å². The number of unbranched alkanes of at least 4 members (excludes halogenated alkanes) is 11. The van der Waals surface area contributed by atoms with E-state index < -0.39 is 7.82 Å². The van der Waals surface area contributed by atoms with Crippen molar-refractivity contribution in [1.29, 1.82) is 0 Å². The molecule has 0 aromatic heterocycles. The largest absolute Gasteiger partial charge is 0.466 e. The molecule has 0 aromatic carbocycles. The van der Waals surface area contributed by atoms with Crippen molar-refractivity contribution in [3.63, 3.8) is 0 Å². The molecule has 0 amide bonds. The fourth-order valence-corrected chi connectivity index (χ4v) is 3.16. The van der Waals surface area contributed by atoms with Gasteiger partial charge in [-0.05, 0) is 26.9 Å². The predicted molar refractivity (Wildman–Crippen MR) is 112 cm³/mol. The summed E-state index contributed by atoms with van der Waals surface area (Å²) in [5, 5.41) is 0. The molecule has 3 N–H and O–H groups in total. The van der Waals surface area contributed by atoms with Crippen LogP contribution in [-0.2, 0) is 4.57 Å². The summed E-state index contributed by atoms with van der Waals surface area (Å²) in [6, 6.07) is 0.826. The Hall–Kier alpha value is 0.0700. The third-order valence-electron chi connectivity index (χ3n) is 4.76. The van der Waals surface area contributed by atoms with Crippen molar-refractivity contribution < 1.29 is 19.2 Å². The van der Waals surface area contributed by atoms with Crippen LogP contribution in [0.25, 0.3) is 0 Å². The van der Waals surface area contributed by atoms with Crippen molar-refractivity contribution in [2.45, 2.75) is 116 Å². The smallest absolute Gasteiger partial charge is 0.306 e. The monoisotopic (exact) mass is 395 g/mol. The topological polar surface area (TPSA) is 81.0 Å². The third-order valence-corrected chi connectivity index (χ3v) is 4.76. The van der Waals surface area contributed by atoms with E-state index in [0.717, 1.165) is 6.04 Å². The second kappa shape index (κ2) is 19.8. The van der Waals surface area contributed by atoms with Gasteiger partial charge in [-0.3, -0.25) is 0 Å². The number of hydrogen-bond acceptors (Lipinski definition) is 2. The van der Waals surface area contributed by atoms with E-state index in [1.165, 1.54) is 96.3 Å². The molecule has 0 aliphatic heterocycles. The van der Waals surface area contributed by atoms with Crippen molar-refractivity contribution in [3.05, 3.63) is 0 Å². The number of hydrogen-bond donors (Lipinski definition) is 3. The molecular formula is C20H46NO4P. The Balaban J connectivity index is 0. The summed E-state index contributed by atoms with van der Waals surface area (Å²) in [6.07, 6.45) is 21.4. The Kier molecular flexibility index (Phi) is 21.6. The minimum Gasteiger partial charge on any atom is -0.306 e. The lowest BCUT2D eigenvalue weighted by molar-refractivity contribution is 0.251. The van der Waals surface area contributed by atoms with E-state index in [2.05, 4.69) is 32.8 Å². The summed E-state index contributed by atoms with van der Waals surface area (Å²) in [7, 11) is -0.108. The van der Waals surface area contributed by atoms with Gasteiger partial charge in [0.05, 0.1) is 0 Å². The summed E-state index contributed by atoms with van der Waals surface area (Å²) in [5.41, 5.74) is 0. The van der Waals surface area contributed by atoms with Crippen molar-refractivity contribution in [2.75, 3.05) is 14.1 Å². The van der Waals surface area contributed by atoms with E-state index in [-0.39, 0.29) is 0 Å². The van der Waals surface area contributed by atoms with Crippen molar-refractivity contribution in [3.8, 4) is 0 Å². The molecule has 0 fully saturated rings. The van der Waals surface area contributed by atoms with E-state index in [0.29, 0.717) is 0 Å². The molecule has 0 aliphatic carbocycles. The van der Waals surface area contributed by atoms with Gasteiger partial charge >= 0.3 is 7.82 Å². The Morgan fingerprint density at radius 3 is 1.19 bits per heavy atom. The zero-order valence-electron chi connectivity index (χ0n) is 17.8. The Labute approximate surface area is 162 Å². The van der Waals surface area contributed by atoms with E-state index in [1.807, 2.05) is 0 Å². The quantitative estimate of drug-likeness (QED) is 0.225.